The number of halogens is 1. The lowest BCUT2D eigenvalue weighted by Gasteiger charge is -2.03. The molecule has 10 heteroatoms. The Kier molecular flexibility index (Phi) is 7.77. The van der Waals surface area contributed by atoms with Crippen molar-refractivity contribution < 1.29 is 13.2 Å². The molecule has 0 radical (unpaired) electrons. The minimum Gasteiger partial charge on any atom is -0.294 e. The number of carbonyl (C=O) groups excluding carboxylic acids is 1. The fourth-order valence-electron chi connectivity index (χ4n) is 2.03. The minimum atomic E-state index is -3.54. The van der Waals surface area contributed by atoms with Gasteiger partial charge in [-0.25, -0.2) is 24.4 Å². The summed E-state index contributed by atoms with van der Waals surface area (Å²) in [5.74, 6) is 4.59. The zero-order valence-electron chi connectivity index (χ0n) is 12.8. The van der Waals surface area contributed by atoms with Crippen LogP contribution in [-0.2, 0) is 39.8 Å². The van der Waals surface area contributed by atoms with E-state index in [1.54, 1.807) is 0 Å². The Morgan fingerprint density at radius 2 is 1.79 bits per heavy atom. The summed E-state index contributed by atoms with van der Waals surface area (Å²) in [5.41, 5.74) is 4.95. The van der Waals surface area contributed by atoms with Crippen LogP contribution in [0.2, 0.25) is 0 Å². The summed E-state index contributed by atoms with van der Waals surface area (Å²) in [4.78, 5) is 15.5. The van der Waals surface area contributed by atoms with E-state index in [4.69, 9.17) is 11.0 Å². The highest BCUT2D eigenvalue weighted by Gasteiger charge is 2.09. The number of thiazole rings is 1. The fraction of sp³-hybridized carbons (Fsp3) is 0.286. The van der Waals surface area contributed by atoms with Crippen molar-refractivity contribution >= 4 is 39.7 Å². The minimum absolute atomic E-state index is 0. The predicted molar refractivity (Wildman–Crippen MR) is 96.1 cm³/mol. The van der Waals surface area contributed by atoms with Gasteiger partial charge in [-0.05, 0) is 24.0 Å². The molecule has 0 bridgehead atoms. The van der Waals surface area contributed by atoms with Gasteiger partial charge in [0.15, 0.2) is 0 Å². The van der Waals surface area contributed by atoms with E-state index in [1.807, 2.05) is 29.6 Å². The lowest BCUT2D eigenvalue weighted by molar-refractivity contribution is -0.120. The quantitative estimate of drug-likeness (QED) is 0.363. The first-order valence-corrected chi connectivity index (χ1v) is 9.46. The second-order valence-corrected chi connectivity index (χ2v) is 7.66. The number of aryl methyl sites for hydroxylation is 2. The molecule has 1 aromatic heterocycles. The Morgan fingerprint density at radius 3 is 2.38 bits per heavy atom. The van der Waals surface area contributed by atoms with Gasteiger partial charge in [-0.2, -0.15) is 0 Å². The number of aromatic nitrogens is 1. The maximum Gasteiger partial charge on any atom is 0.238 e. The van der Waals surface area contributed by atoms with Crippen molar-refractivity contribution in [2.24, 2.45) is 11.0 Å². The van der Waals surface area contributed by atoms with Gasteiger partial charge in [0.1, 0.15) is 10.8 Å². The molecular weight excluding hydrogens is 372 g/mol. The number of hydrogen-bond donors (Lipinski definition) is 3. The van der Waals surface area contributed by atoms with E-state index in [0.29, 0.717) is 11.4 Å². The van der Waals surface area contributed by atoms with Gasteiger partial charge in [0.25, 0.3) is 0 Å². The Labute approximate surface area is 150 Å². The first-order valence-electron chi connectivity index (χ1n) is 6.87. The Morgan fingerprint density at radius 1 is 1.17 bits per heavy atom. The van der Waals surface area contributed by atoms with Crippen LogP contribution in [0.4, 0.5) is 0 Å². The molecule has 2 rings (SSSR count). The number of sulfonamides is 1. The van der Waals surface area contributed by atoms with Crippen molar-refractivity contribution in [2.75, 3.05) is 0 Å². The summed E-state index contributed by atoms with van der Waals surface area (Å²) >= 11 is 1.30. The largest absolute Gasteiger partial charge is 0.294 e. The second kappa shape index (κ2) is 9.09. The summed E-state index contributed by atoms with van der Waals surface area (Å²) in [5, 5.41) is 7.36. The summed E-state index contributed by atoms with van der Waals surface area (Å²) < 4.78 is 22.1. The van der Waals surface area contributed by atoms with Gasteiger partial charge in [-0.15, -0.1) is 23.7 Å². The molecule has 0 atom stereocenters. The van der Waals surface area contributed by atoms with Gasteiger partial charge < -0.3 is 0 Å². The lowest BCUT2D eigenvalue weighted by Crippen LogP contribution is -2.31. The number of nitrogens with two attached hydrogens (primary N) is 2. The number of hydrazine groups is 1. The van der Waals surface area contributed by atoms with Gasteiger partial charge in [0, 0.05) is 5.38 Å². The molecule has 0 fully saturated rings. The normalized spacial score (nSPS) is 10.9. The number of rotatable bonds is 7. The van der Waals surface area contributed by atoms with Crippen molar-refractivity contribution in [2.45, 2.75) is 25.0 Å². The molecular formula is C14H19ClN4O3S2. The monoisotopic (exact) mass is 390 g/mol. The number of benzene rings is 1. The molecule has 0 aliphatic heterocycles. The molecule has 0 spiro atoms. The summed E-state index contributed by atoms with van der Waals surface area (Å²) in [7, 11) is -3.54. The summed E-state index contributed by atoms with van der Waals surface area (Å²) in [6.07, 6.45) is 1.74. The molecule has 1 heterocycles. The maximum atomic E-state index is 11.2. The van der Waals surface area contributed by atoms with Crippen LogP contribution in [0, 0.1) is 0 Å². The third-order valence-electron chi connectivity index (χ3n) is 3.14. The number of carbonyl (C=O) groups is 1. The molecule has 2 aromatic rings. The average molecular weight is 391 g/mol. The number of nitrogens with one attached hydrogen (secondary N) is 1. The molecule has 0 unspecified atom stereocenters. The van der Waals surface area contributed by atoms with Crippen LogP contribution in [0.1, 0.15) is 21.8 Å². The van der Waals surface area contributed by atoms with E-state index in [9.17, 15) is 13.2 Å². The van der Waals surface area contributed by atoms with Crippen LogP contribution in [0.25, 0.3) is 0 Å². The van der Waals surface area contributed by atoms with E-state index >= 15 is 0 Å². The van der Waals surface area contributed by atoms with Crippen LogP contribution in [0.5, 0.6) is 0 Å². The average Bonchev–Trinajstić information content (AvgIpc) is 2.92. The molecule has 132 valence electrons. The highest BCUT2D eigenvalue weighted by atomic mass is 35.5. The van der Waals surface area contributed by atoms with E-state index < -0.39 is 10.0 Å². The third-order valence-corrected chi connectivity index (χ3v) is 4.90. The highest BCUT2D eigenvalue weighted by molar-refractivity contribution is 7.88. The summed E-state index contributed by atoms with van der Waals surface area (Å²) in [6.45, 7) is 0. The maximum absolute atomic E-state index is 11.2. The van der Waals surface area contributed by atoms with Gasteiger partial charge in [0.2, 0.25) is 15.9 Å². The molecule has 5 N–H and O–H groups in total. The van der Waals surface area contributed by atoms with Crippen LogP contribution in [-0.4, -0.2) is 19.3 Å². The highest BCUT2D eigenvalue weighted by Crippen LogP contribution is 2.15. The Balaban J connectivity index is 0.00000288. The fourth-order valence-corrected chi connectivity index (χ4v) is 3.82. The third kappa shape index (κ3) is 6.93. The van der Waals surface area contributed by atoms with Crippen molar-refractivity contribution in [3.8, 4) is 0 Å². The zero-order valence-corrected chi connectivity index (χ0v) is 15.2. The van der Waals surface area contributed by atoms with Gasteiger partial charge in [-0.3, -0.25) is 10.2 Å². The van der Waals surface area contributed by atoms with Crippen LogP contribution >= 0.6 is 23.7 Å². The van der Waals surface area contributed by atoms with E-state index in [1.165, 1.54) is 11.3 Å². The molecule has 0 aliphatic rings. The standard InChI is InChI=1S/C14H18N4O3S2.ClH/c15-18-13(19)7-11-3-1-10(2-4-11)5-6-12-8-22-14(17-12)9-23(16,20)21;/h1-4,8H,5-7,9,15H2,(H,18,19)(H2,16,20,21);1H. The van der Waals surface area contributed by atoms with Crippen molar-refractivity contribution in [3.05, 3.63) is 51.5 Å². The van der Waals surface area contributed by atoms with Gasteiger partial charge >= 0.3 is 0 Å². The molecule has 7 nitrogen and oxygen atoms in total. The molecule has 0 saturated heterocycles. The number of primary sulfonamides is 1. The van der Waals surface area contributed by atoms with Crippen LogP contribution in [0.15, 0.2) is 29.6 Å². The van der Waals surface area contributed by atoms with Crippen molar-refractivity contribution in [1.29, 1.82) is 0 Å². The number of hydrogen-bond acceptors (Lipinski definition) is 6. The number of nitrogens with zero attached hydrogens (tertiary/aromatic N) is 1. The Hall–Kier alpha value is -1.52. The smallest absolute Gasteiger partial charge is 0.238 e. The summed E-state index contributed by atoms with van der Waals surface area (Å²) in [6, 6.07) is 7.68. The van der Waals surface area contributed by atoms with Gasteiger partial charge in [0.05, 0.1) is 12.1 Å². The molecule has 0 aliphatic carbocycles. The first-order chi connectivity index (χ1) is 10.9. The number of amides is 1. The SMILES string of the molecule is Cl.NNC(=O)Cc1ccc(CCc2csc(CS(N)(=O)=O)n2)cc1. The van der Waals surface area contributed by atoms with Crippen molar-refractivity contribution in [1.82, 2.24) is 10.4 Å². The molecule has 0 saturated carbocycles. The van der Waals surface area contributed by atoms with Gasteiger partial charge in [-0.1, -0.05) is 24.3 Å². The second-order valence-electron chi connectivity index (χ2n) is 5.10. The zero-order chi connectivity index (χ0) is 16.9. The topological polar surface area (TPSA) is 128 Å². The predicted octanol–water partition coefficient (Wildman–Crippen LogP) is 0.671. The van der Waals surface area contributed by atoms with Crippen LogP contribution in [0.3, 0.4) is 0 Å². The van der Waals surface area contributed by atoms with E-state index in [-0.39, 0.29) is 30.5 Å². The molecule has 1 amide bonds. The molecule has 24 heavy (non-hydrogen) atoms. The lowest BCUT2D eigenvalue weighted by atomic mass is 10.0. The van der Waals surface area contributed by atoms with Crippen molar-refractivity contribution in [3.63, 3.8) is 0 Å². The Bertz CT molecular complexity index is 776. The van der Waals surface area contributed by atoms with Crippen LogP contribution < -0.4 is 16.4 Å². The molecule has 1 aromatic carbocycles. The van der Waals surface area contributed by atoms with E-state index in [2.05, 4.69) is 10.4 Å². The van der Waals surface area contributed by atoms with E-state index in [0.717, 1.165) is 23.2 Å². The first kappa shape index (κ1) is 20.5.